The molecule has 1 aliphatic rings. The van der Waals surface area contributed by atoms with E-state index in [4.69, 9.17) is 4.74 Å². The summed E-state index contributed by atoms with van der Waals surface area (Å²) in [6.45, 7) is 5.82. The van der Waals surface area contributed by atoms with Gasteiger partial charge in [0.15, 0.2) is 5.75 Å². The van der Waals surface area contributed by atoms with E-state index in [2.05, 4.69) is 0 Å². The van der Waals surface area contributed by atoms with Gasteiger partial charge in [-0.15, -0.1) is 0 Å². The topological polar surface area (TPSA) is 92.9 Å². The molecule has 0 saturated heterocycles. The first-order chi connectivity index (χ1) is 9.17. The molecule has 1 aromatic rings. The molecule has 108 valence electrons. The number of aromatic hydroxyl groups is 1. The maximum absolute atomic E-state index is 11.9. The van der Waals surface area contributed by atoms with Gasteiger partial charge in [-0.1, -0.05) is 0 Å². The molecule has 0 bridgehead atoms. The minimum Gasteiger partial charge on any atom is -0.502 e. The Morgan fingerprint density at radius 3 is 2.40 bits per heavy atom. The first-order valence-electron chi connectivity index (χ1n) is 6.14. The summed E-state index contributed by atoms with van der Waals surface area (Å²) in [6.07, 6.45) is -0.476. The van der Waals surface area contributed by atoms with Gasteiger partial charge in [0, 0.05) is 19.2 Å². The molecule has 0 atom stereocenters. The number of phenols is 1. The van der Waals surface area contributed by atoms with Crippen LogP contribution in [-0.2, 0) is 17.8 Å². The van der Waals surface area contributed by atoms with Crippen LogP contribution in [0.2, 0.25) is 0 Å². The smallest absolute Gasteiger partial charge is 0.410 e. The molecule has 20 heavy (non-hydrogen) atoms. The molecule has 0 aromatic heterocycles. The van der Waals surface area contributed by atoms with Crippen molar-refractivity contribution in [2.45, 2.75) is 39.5 Å². The molecule has 0 spiro atoms. The summed E-state index contributed by atoms with van der Waals surface area (Å²) in [7, 11) is 0. The van der Waals surface area contributed by atoms with Gasteiger partial charge in [0.1, 0.15) is 5.60 Å². The summed E-state index contributed by atoms with van der Waals surface area (Å²) in [5.74, 6) is -0.389. The van der Waals surface area contributed by atoms with Crippen LogP contribution >= 0.6 is 0 Å². The number of benzene rings is 1. The summed E-state index contributed by atoms with van der Waals surface area (Å²) in [5.41, 5.74) is 0.397. The number of nitrogens with zero attached hydrogens (tertiary/aromatic N) is 2. The van der Waals surface area contributed by atoms with E-state index in [9.17, 15) is 20.0 Å². The first-order valence-corrected chi connectivity index (χ1v) is 6.14. The summed E-state index contributed by atoms with van der Waals surface area (Å²) in [5, 5.41) is 20.3. The molecule has 7 heteroatoms. The van der Waals surface area contributed by atoms with Crippen LogP contribution in [0.25, 0.3) is 0 Å². The summed E-state index contributed by atoms with van der Waals surface area (Å²) >= 11 is 0. The molecule has 0 radical (unpaired) electrons. The van der Waals surface area contributed by atoms with E-state index in [-0.39, 0.29) is 24.5 Å². The second-order valence-corrected chi connectivity index (χ2v) is 5.70. The SMILES string of the molecule is CC(C)(C)OC(=O)N1Cc2cc(O)c([N+](=O)[O-])cc2C1. The van der Waals surface area contributed by atoms with Crippen LogP contribution in [0.1, 0.15) is 31.9 Å². The van der Waals surface area contributed by atoms with Crippen molar-refractivity contribution < 1.29 is 19.6 Å². The number of ether oxygens (including phenoxy) is 1. The van der Waals surface area contributed by atoms with E-state index in [0.29, 0.717) is 11.1 Å². The van der Waals surface area contributed by atoms with Crippen molar-refractivity contribution in [2.24, 2.45) is 0 Å². The lowest BCUT2D eigenvalue weighted by Crippen LogP contribution is -2.33. The number of nitro groups is 1. The minimum absolute atomic E-state index is 0.241. The summed E-state index contributed by atoms with van der Waals surface area (Å²) in [6, 6.07) is 2.63. The fourth-order valence-electron chi connectivity index (χ4n) is 2.03. The lowest BCUT2D eigenvalue weighted by atomic mass is 10.1. The number of rotatable bonds is 1. The Bertz CT molecular complexity index is 577. The number of fused-ring (bicyclic) bond motifs is 1. The lowest BCUT2D eigenvalue weighted by Gasteiger charge is -2.24. The molecule has 0 fully saturated rings. The number of phenolic OH excluding ortho intramolecular Hbond substituents is 1. The highest BCUT2D eigenvalue weighted by molar-refractivity contribution is 5.70. The normalized spacial score (nSPS) is 14.1. The van der Waals surface area contributed by atoms with Crippen LogP contribution in [0, 0.1) is 10.1 Å². The van der Waals surface area contributed by atoms with Crippen molar-refractivity contribution in [2.75, 3.05) is 0 Å². The zero-order chi connectivity index (χ0) is 15.1. The third-order valence-corrected chi connectivity index (χ3v) is 2.87. The van der Waals surface area contributed by atoms with Gasteiger partial charge in [0.2, 0.25) is 0 Å². The largest absolute Gasteiger partial charge is 0.502 e. The number of amides is 1. The predicted octanol–water partition coefficient (Wildman–Crippen LogP) is 2.55. The molecule has 1 N–H and O–H groups in total. The molecule has 7 nitrogen and oxygen atoms in total. The van der Waals surface area contributed by atoms with Gasteiger partial charge < -0.3 is 9.84 Å². The van der Waals surface area contributed by atoms with E-state index >= 15 is 0 Å². The number of nitro benzene ring substituents is 1. The van der Waals surface area contributed by atoms with Crippen molar-refractivity contribution in [3.8, 4) is 5.75 Å². The zero-order valence-corrected chi connectivity index (χ0v) is 11.5. The van der Waals surface area contributed by atoms with Crippen LogP contribution in [0.3, 0.4) is 0 Å². The van der Waals surface area contributed by atoms with Crippen LogP contribution in [0.4, 0.5) is 10.5 Å². The van der Waals surface area contributed by atoms with Crippen LogP contribution in [0.15, 0.2) is 12.1 Å². The maximum atomic E-state index is 11.9. The van der Waals surface area contributed by atoms with E-state index in [0.717, 1.165) is 0 Å². The van der Waals surface area contributed by atoms with Crippen molar-refractivity contribution in [1.82, 2.24) is 4.90 Å². The molecule has 2 rings (SSSR count). The van der Waals surface area contributed by atoms with Crippen LogP contribution < -0.4 is 0 Å². The zero-order valence-electron chi connectivity index (χ0n) is 11.5. The van der Waals surface area contributed by atoms with Crippen LogP contribution in [-0.4, -0.2) is 26.6 Å². The van der Waals surface area contributed by atoms with Gasteiger partial charge in [-0.3, -0.25) is 15.0 Å². The number of carbonyl (C=O) groups is 1. The summed E-state index contributed by atoms with van der Waals surface area (Å²) in [4.78, 5) is 23.5. The Morgan fingerprint density at radius 2 is 1.90 bits per heavy atom. The molecule has 0 saturated carbocycles. The monoisotopic (exact) mass is 280 g/mol. The van der Waals surface area contributed by atoms with Gasteiger partial charge in [0.25, 0.3) is 0 Å². The maximum Gasteiger partial charge on any atom is 0.410 e. The molecule has 0 unspecified atom stereocenters. The standard InChI is InChI=1S/C13H16N2O5/c1-13(2,3)20-12(17)14-6-8-4-10(15(18)19)11(16)5-9(8)7-14/h4-5,16H,6-7H2,1-3H3. The molecular formula is C13H16N2O5. The Labute approximate surface area is 115 Å². The first kappa shape index (κ1) is 14.1. The van der Waals surface area contributed by atoms with E-state index in [1.807, 2.05) is 0 Å². The van der Waals surface area contributed by atoms with Gasteiger partial charge in [-0.05, 0) is 38.0 Å². The molecule has 1 aliphatic heterocycles. The average Bonchev–Trinajstić information content (AvgIpc) is 2.68. The highest BCUT2D eigenvalue weighted by atomic mass is 16.6. The Morgan fingerprint density at radius 1 is 1.35 bits per heavy atom. The Hall–Kier alpha value is -2.31. The fraction of sp³-hybridized carbons (Fsp3) is 0.462. The Balaban J connectivity index is 2.19. The highest BCUT2D eigenvalue weighted by Crippen LogP contribution is 2.34. The van der Waals surface area contributed by atoms with Gasteiger partial charge in [0.05, 0.1) is 4.92 Å². The van der Waals surface area contributed by atoms with E-state index in [1.165, 1.54) is 17.0 Å². The molecule has 1 amide bonds. The third-order valence-electron chi connectivity index (χ3n) is 2.87. The second-order valence-electron chi connectivity index (χ2n) is 5.70. The van der Waals surface area contributed by atoms with Crippen molar-refractivity contribution in [1.29, 1.82) is 0 Å². The molecule has 1 aromatic carbocycles. The van der Waals surface area contributed by atoms with E-state index in [1.54, 1.807) is 20.8 Å². The van der Waals surface area contributed by atoms with Gasteiger partial charge in [-0.25, -0.2) is 4.79 Å². The summed E-state index contributed by atoms with van der Waals surface area (Å²) < 4.78 is 5.25. The van der Waals surface area contributed by atoms with Crippen molar-refractivity contribution in [3.63, 3.8) is 0 Å². The third kappa shape index (κ3) is 2.81. The van der Waals surface area contributed by atoms with Gasteiger partial charge >= 0.3 is 11.8 Å². The average molecular weight is 280 g/mol. The van der Waals surface area contributed by atoms with E-state index < -0.39 is 16.6 Å². The fourth-order valence-corrected chi connectivity index (χ4v) is 2.03. The highest BCUT2D eigenvalue weighted by Gasteiger charge is 2.30. The van der Waals surface area contributed by atoms with Crippen LogP contribution in [0.5, 0.6) is 5.75 Å². The quantitative estimate of drug-likeness (QED) is 0.630. The van der Waals surface area contributed by atoms with Crippen molar-refractivity contribution >= 4 is 11.8 Å². The van der Waals surface area contributed by atoms with Crippen molar-refractivity contribution in [3.05, 3.63) is 33.4 Å². The predicted molar refractivity (Wildman–Crippen MR) is 70.2 cm³/mol. The lowest BCUT2D eigenvalue weighted by molar-refractivity contribution is -0.385. The number of hydrogen-bond acceptors (Lipinski definition) is 5. The molecular weight excluding hydrogens is 264 g/mol. The Kier molecular flexibility index (Phi) is 3.29. The molecule has 0 aliphatic carbocycles. The second kappa shape index (κ2) is 4.66. The number of hydrogen-bond donors (Lipinski definition) is 1. The number of carbonyl (C=O) groups excluding carboxylic acids is 1. The minimum atomic E-state index is -0.647. The molecule has 1 heterocycles. The van der Waals surface area contributed by atoms with Gasteiger partial charge in [-0.2, -0.15) is 0 Å².